The number of halogens is 1. The zero-order valence-corrected chi connectivity index (χ0v) is 7.34. The predicted molar refractivity (Wildman–Crippen MR) is 43.7 cm³/mol. The molecule has 3 nitrogen and oxygen atoms in total. The number of rotatable bonds is 2. The van der Waals surface area contributed by atoms with E-state index in [9.17, 15) is 0 Å². The van der Waals surface area contributed by atoms with E-state index in [2.05, 4.69) is 5.10 Å². The topological polar surface area (TPSA) is 38.0 Å². The molecule has 1 unspecified atom stereocenters. The van der Waals surface area contributed by atoms with Gasteiger partial charge >= 0.3 is 0 Å². The monoisotopic (exact) mass is 174 g/mol. The number of aliphatic hydroxyl groups excluding tert-OH is 1. The number of nitrogens with zero attached hydrogens (tertiary/aromatic N) is 2. The average molecular weight is 175 g/mol. The Morgan fingerprint density at radius 3 is 2.82 bits per heavy atom. The van der Waals surface area contributed by atoms with Crippen LogP contribution in [0.4, 0.5) is 0 Å². The van der Waals surface area contributed by atoms with Gasteiger partial charge in [-0.2, -0.15) is 5.10 Å². The van der Waals surface area contributed by atoms with Gasteiger partial charge in [-0.25, -0.2) is 0 Å². The van der Waals surface area contributed by atoms with Crippen LogP contribution in [0.5, 0.6) is 0 Å². The first-order chi connectivity index (χ1) is 5.09. The number of aryl methyl sites for hydroxylation is 1. The van der Waals surface area contributed by atoms with Crippen molar-refractivity contribution < 1.29 is 5.11 Å². The van der Waals surface area contributed by atoms with Gasteiger partial charge in [-0.15, -0.1) is 0 Å². The molecule has 0 fully saturated rings. The molecule has 4 heteroatoms. The molecule has 1 rings (SSSR count). The van der Waals surface area contributed by atoms with E-state index in [4.69, 9.17) is 16.7 Å². The Morgan fingerprint density at radius 2 is 2.45 bits per heavy atom. The zero-order chi connectivity index (χ0) is 8.43. The van der Waals surface area contributed by atoms with E-state index >= 15 is 0 Å². The molecule has 0 aliphatic heterocycles. The minimum atomic E-state index is -0.384. The molecule has 1 aromatic rings. The molecular weight excluding hydrogens is 164 g/mol. The summed E-state index contributed by atoms with van der Waals surface area (Å²) in [7, 11) is 0. The molecule has 1 N–H and O–H groups in total. The van der Waals surface area contributed by atoms with E-state index in [1.54, 1.807) is 17.8 Å². The number of aromatic nitrogens is 2. The fourth-order valence-corrected chi connectivity index (χ4v) is 1.01. The van der Waals surface area contributed by atoms with Crippen molar-refractivity contribution in [1.82, 2.24) is 9.78 Å². The maximum absolute atomic E-state index is 9.00. The fraction of sp³-hybridized carbons (Fsp3) is 0.571. The average Bonchev–Trinajstić information content (AvgIpc) is 2.10. The van der Waals surface area contributed by atoms with Crippen LogP contribution in [0.25, 0.3) is 0 Å². The Kier molecular flexibility index (Phi) is 2.52. The highest BCUT2D eigenvalue weighted by molar-refractivity contribution is 6.31. The normalized spacial score (nSPS) is 13.5. The summed E-state index contributed by atoms with van der Waals surface area (Å²) in [6.07, 6.45) is 1.33. The molecule has 0 aromatic carbocycles. The first-order valence-corrected chi connectivity index (χ1v) is 3.85. The van der Waals surface area contributed by atoms with Gasteiger partial charge in [0.25, 0.3) is 0 Å². The highest BCUT2D eigenvalue weighted by atomic mass is 35.5. The number of hydrogen-bond acceptors (Lipinski definition) is 2. The smallest absolute Gasteiger partial charge is 0.0814 e. The standard InChI is InChI=1S/C7H11ClN2O/c1-5(11)3-10-4-7(8)6(2)9-10/h4-5,11H,3H2,1-2H3. The van der Waals surface area contributed by atoms with Crippen molar-refractivity contribution >= 4 is 11.6 Å². The summed E-state index contributed by atoms with van der Waals surface area (Å²) >= 11 is 5.75. The van der Waals surface area contributed by atoms with Crippen LogP contribution in [0.1, 0.15) is 12.6 Å². The Morgan fingerprint density at radius 1 is 1.82 bits per heavy atom. The van der Waals surface area contributed by atoms with Crippen LogP contribution in [-0.2, 0) is 6.54 Å². The van der Waals surface area contributed by atoms with E-state index in [0.29, 0.717) is 11.6 Å². The third-order valence-electron chi connectivity index (χ3n) is 1.34. The minimum absolute atomic E-state index is 0.384. The molecule has 0 radical (unpaired) electrons. The largest absolute Gasteiger partial charge is 0.391 e. The summed E-state index contributed by atoms with van der Waals surface area (Å²) in [6.45, 7) is 4.04. The summed E-state index contributed by atoms with van der Waals surface area (Å²) < 4.78 is 1.64. The van der Waals surface area contributed by atoms with Crippen LogP contribution in [-0.4, -0.2) is 21.0 Å². The third kappa shape index (κ3) is 2.20. The van der Waals surface area contributed by atoms with Crippen LogP contribution in [0, 0.1) is 6.92 Å². The minimum Gasteiger partial charge on any atom is -0.391 e. The van der Waals surface area contributed by atoms with Gasteiger partial charge in [-0.05, 0) is 13.8 Å². The van der Waals surface area contributed by atoms with Gasteiger partial charge < -0.3 is 5.11 Å². The summed E-state index contributed by atoms with van der Waals surface area (Å²) in [6, 6.07) is 0. The maximum Gasteiger partial charge on any atom is 0.0814 e. The number of hydrogen-bond donors (Lipinski definition) is 1. The first-order valence-electron chi connectivity index (χ1n) is 3.47. The molecule has 0 saturated carbocycles. The summed E-state index contributed by atoms with van der Waals surface area (Å²) in [4.78, 5) is 0. The van der Waals surface area contributed by atoms with Crippen molar-refractivity contribution in [3.05, 3.63) is 16.9 Å². The Bertz CT molecular complexity index is 225. The van der Waals surface area contributed by atoms with Gasteiger partial charge in [0.15, 0.2) is 0 Å². The molecule has 0 amide bonds. The van der Waals surface area contributed by atoms with Crippen LogP contribution >= 0.6 is 11.6 Å². The highest BCUT2D eigenvalue weighted by Gasteiger charge is 2.03. The Hall–Kier alpha value is -0.540. The zero-order valence-electron chi connectivity index (χ0n) is 6.58. The quantitative estimate of drug-likeness (QED) is 0.733. The molecule has 0 aliphatic carbocycles. The predicted octanol–water partition coefficient (Wildman–Crippen LogP) is 1.23. The van der Waals surface area contributed by atoms with Crippen molar-refractivity contribution in [1.29, 1.82) is 0 Å². The lowest BCUT2D eigenvalue weighted by Gasteiger charge is -2.02. The van der Waals surface area contributed by atoms with Gasteiger partial charge in [0.05, 0.1) is 23.4 Å². The Labute approximate surface area is 70.6 Å². The SMILES string of the molecule is Cc1nn(CC(C)O)cc1Cl. The van der Waals surface area contributed by atoms with Crippen molar-refractivity contribution in [2.45, 2.75) is 26.5 Å². The van der Waals surface area contributed by atoms with E-state index in [1.807, 2.05) is 6.92 Å². The van der Waals surface area contributed by atoms with Crippen molar-refractivity contribution in [3.8, 4) is 0 Å². The molecule has 0 spiro atoms. The van der Waals surface area contributed by atoms with E-state index < -0.39 is 0 Å². The second-order valence-corrected chi connectivity index (χ2v) is 3.04. The first kappa shape index (κ1) is 8.56. The summed E-state index contributed by atoms with van der Waals surface area (Å²) in [5.41, 5.74) is 0.798. The van der Waals surface area contributed by atoms with Gasteiger partial charge in [0, 0.05) is 6.20 Å². The molecular formula is C7H11ClN2O. The molecule has 1 heterocycles. The summed E-state index contributed by atoms with van der Waals surface area (Å²) in [5.74, 6) is 0. The highest BCUT2D eigenvalue weighted by Crippen LogP contribution is 2.11. The van der Waals surface area contributed by atoms with E-state index in [0.717, 1.165) is 5.69 Å². The van der Waals surface area contributed by atoms with Gasteiger partial charge in [-0.1, -0.05) is 11.6 Å². The second kappa shape index (κ2) is 3.24. The van der Waals surface area contributed by atoms with Gasteiger partial charge in [0.1, 0.15) is 0 Å². The van der Waals surface area contributed by atoms with Crippen LogP contribution in [0.2, 0.25) is 5.02 Å². The van der Waals surface area contributed by atoms with Crippen molar-refractivity contribution in [2.75, 3.05) is 0 Å². The van der Waals surface area contributed by atoms with Crippen LogP contribution in [0.3, 0.4) is 0 Å². The fourth-order valence-electron chi connectivity index (χ4n) is 0.858. The van der Waals surface area contributed by atoms with Crippen molar-refractivity contribution in [2.24, 2.45) is 0 Å². The Balaban J connectivity index is 2.73. The van der Waals surface area contributed by atoms with Crippen molar-refractivity contribution in [3.63, 3.8) is 0 Å². The third-order valence-corrected chi connectivity index (χ3v) is 1.71. The van der Waals surface area contributed by atoms with E-state index in [-0.39, 0.29) is 6.10 Å². The van der Waals surface area contributed by atoms with Gasteiger partial charge in [0.2, 0.25) is 0 Å². The second-order valence-electron chi connectivity index (χ2n) is 2.63. The molecule has 0 aliphatic rings. The maximum atomic E-state index is 9.00. The van der Waals surface area contributed by atoms with Crippen LogP contribution in [0.15, 0.2) is 6.20 Å². The molecule has 1 aromatic heterocycles. The molecule has 1 atom stereocenters. The molecule has 0 saturated heterocycles. The lowest BCUT2D eigenvalue weighted by Crippen LogP contribution is -2.11. The lowest BCUT2D eigenvalue weighted by atomic mass is 10.4. The van der Waals surface area contributed by atoms with Crippen LogP contribution < -0.4 is 0 Å². The lowest BCUT2D eigenvalue weighted by molar-refractivity contribution is 0.168. The molecule has 62 valence electrons. The molecule has 0 bridgehead atoms. The molecule has 11 heavy (non-hydrogen) atoms. The van der Waals surface area contributed by atoms with Gasteiger partial charge in [-0.3, -0.25) is 4.68 Å². The number of aliphatic hydroxyl groups is 1. The summed E-state index contributed by atoms with van der Waals surface area (Å²) in [5, 5.41) is 13.7. The van der Waals surface area contributed by atoms with E-state index in [1.165, 1.54) is 0 Å².